The van der Waals surface area contributed by atoms with Gasteiger partial charge in [-0.15, -0.1) is 0 Å². The highest BCUT2D eigenvalue weighted by Gasteiger charge is 2.07. The first-order chi connectivity index (χ1) is 8.13. The number of ketones is 1. The third-order valence-electron chi connectivity index (χ3n) is 2.40. The summed E-state index contributed by atoms with van der Waals surface area (Å²) in [5.74, 6) is 0.734. The van der Waals surface area contributed by atoms with Gasteiger partial charge in [-0.3, -0.25) is 9.78 Å². The second kappa shape index (κ2) is 7.01. The van der Waals surface area contributed by atoms with Gasteiger partial charge in [0.15, 0.2) is 5.78 Å². The van der Waals surface area contributed by atoms with E-state index in [2.05, 4.69) is 24.1 Å². The summed E-state index contributed by atoms with van der Waals surface area (Å²) in [6.07, 6.45) is 4.56. The van der Waals surface area contributed by atoms with Gasteiger partial charge in [0, 0.05) is 24.2 Å². The number of rotatable bonds is 7. The molecule has 0 spiro atoms. The number of hydrogen-bond donors (Lipinski definition) is 1. The standard InChI is InChI=1S/C13H20N2O2/c1-10(2)15-6-4-5-13(16)11-7-12(17-3)9-14-8-11/h7-10,15H,4-6H2,1-3H3. The molecule has 0 aliphatic rings. The highest BCUT2D eigenvalue weighted by atomic mass is 16.5. The number of carbonyl (C=O) groups excluding carboxylic acids is 1. The number of carbonyl (C=O) groups is 1. The summed E-state index contributed by atoms with van der Waals surface area (Å²) >= 11 is 0. The number of pyridine rings is 1. The predicted octanol–water partition coefficient (Wildman–Crippen LogP) is 2.05. The first-order valence-electron chi connectivity index (χ1n) is 5.89. The Hall–Kier alpha value is -1.42. The number of hydrogen-bond acceptors (Lipinski definition) is 4. The number of nitrogens with one attached hydrogen (secondary N) is 1. The Morgan fingerprint density at radius 3 is 2.88 bits per heavy atom. The van der Waals surface area contributed by atoms with Crippen molar-refractivity contribution < 1.29 is 9.53 Å². The maximum Gasteiger partial charge on any atom is 0.164 e. The molecule has 17 heavy (non-hydrogen) atoms. The summed E-state index contributed by atoms with van der Waals surface area (Å²) in [4.78, 5) is 15.8. The van der Waals surface area contributed by atoms with Crippen molar-refractivity contribution in [1.82, 2.24) is 10.3 Å². The van der Waals surface area contributed by atoms with E-state index < -0.39 is 0 Å². The summed E-state index contributed by atoms with van der Waals surface area (Å²) in [5, 5.41) is 3.28. The van der Waals surface area contributed by atoms with Gasteiger partial charge >= 0.3 is 0 Å². The third kappa shape index (κ3) is 4.95. The van der Waals surface area contributed by atoms with Gasteiger partial charge in [-0.05, 0) is 19.0 Å². The Balaban J connectivity index is 2.41. The molecule has 1 aromatic rings. The predicted molar refractivity (Wildman–Crippen MR) is 67.5 cm³/mol. The molecule has 4 heteroatoms. The molecule has 0 aliphatic heterocycles. The Morgan fingerprint density at radius 1 is 1.47 bits per heavy atom. The van der Waals surface area contributed by atoms with Crippen molar-refractivity contribution in [2.45, 2.75) is 32.7 Å². The van der Waals surface area contributed by atoms with E-state index in [1.54, 1.807) is 25.6 Å². The average molecular weight is 236 g/mol. The molecule has 0 radical (unpaired) electrons. The lowest BCUT2D eigenvalue weighted by atomic mass is 10.1. The molecule has 0 bridgehead atoms. The maximum atomic E-state index is 11.8. The smallest absolute Gasteiger partial charge is 0.164 e. The normalized spacial score (nSPS) is 10.6. The second-order valence-corrected chi connectivity index (χ2v) is 4.25. The summed E-state index contributed by atoms with van der Waals surface area (Å²) < 4.78 is 5.04. The van der Waals surface area contributed by atoms with Crippen LogP contribution in [-0.2, 0) is 0 Å². The van der Waals surface area contributed by atoms with E-state index in [9.17, 15) is 4.79 Å². The van der Waals surface area contributed by atoms with Crippen LogP contribution in [0.1, 0.15) is 37.0 Å². The fraction of sp³-hybridized carbons (Fsp3) is 0.538. The Kier molecular flexibility index (Phi) is 5.63. The van der Waals surface area contributed by atoms with Crippen molar-refractivity contribution in [1.29, 1.82) is 0 Å². The molecule has 0 aromatic carbocycles. The van der Waals surface area contributed by atoms with E-state index in [0.29, 0.717) is 23.8 Å². The van der Waals surface area contributed by atoms with Gasteiger partial charge in [0.25, 0.3) is 0 Å². The van der Waals surface area contributed by atoms with Gasteiger partial charge in [0.2, 0.25) is 0 Å². The van der Waals surface area contributed by atoms with E-state index in [4.69, 9.17) is 4.74 Å². The highest BCUT2D eigenvalue weighted by Crippen LogP contribution is 2.12. The van der Waals surface area contributed by atoms with Gasteiger partial charge in [-0.1, -0.05) is 13.8 Å². The first-order valence-corrected chi connectivity index (χ1v) is 5.89. The summed E-state index contributed by atoms with van der Waals surface area (Å²) in [5.41, 5.74) is 0.619. The van der Waals surface area contributed by atoms with Crippen molar-refractivity contribution in [2.75, 3.05) is 13.7 Å². The molecular weight excluding hydrogens is 216 g/mol. The van der Waals surface area contributed by atoms with Crippen LogP contribution in [0, 0.1) is 0 Å². The number of ether oxygens (including phenoxy) is 1. The van der Waals surface area contributed by atoms with Crippen molar-refractivity contribution in [3.05, 3.63) is 24.0 Å². The van der Waals surface area contributed by atoms with Crippen LogP contribution >= 0.6 is 0 Å². The van der Waals surface area contributed by atoms with Crippen molar-refractivity contribution >= 4 is 5.78 Å². The zero-order chi connectivity index (χ0) is 12.7. The van der Waals surface area contributed by atoms with Crippen LogP contribution in [0.15, 0.2) is 18.5 Å². The van der Waals surface area contributed by atoms with Gasteiger partial charge in [-0.25, -0.2) is 0 Å². The minimum Gasteiger partial charge on any atom is -0.495 e. The van der Waals surface area contributed by atoms with Crippen LogP contribution in [0.5, 0.6) is 5.75 Å². The molecule has 0 aliphatic carbocycles. The first kappa shape index (κ1) is 13.6. The topological polar surface area (TPSA) is 51.2 Å². The minimum atomic E-state index is 0.113. The molecule has 0 atom stereocenters. The van der Waals surface area contributed by atoms with Crippen LogP contribution in [0.4, 0.5) is 0 Å². The second-order valence-electron chi connectivity index (χ2n) is 4.25. The lowest BCUT2D eigenvalue weighted by Crippen LogP contribution is -2.24. The van der Waals surface area contributed by atoms with Gasteiger partial charge in [-0.2, -0.15) is 0 Å². The molecular formula is C13H20N2O2. The SMILES string of the molecule is COc1cncc(C(=O)CCCNC(C)C)c1. The van der Waals surface area contributed by atoms with E-state index in [0.717, 1.165) is 13.0 Å². The highest BCUT2D eigenvalue weighted by molar-refractivity contribution is 5.96. The fourth-order valence-electron chi connectivity index (χ4n) is 1.47. The monoisotopic (exact) mass is 236 g/mol. The van der Waals surface area contributed by atoms with Crippen molar-refractivity contribution in [3.8, 4) is 5.75 Å². The largest absolute Gasteiger partial charge is 0.495 e. The summed E-state index contributed by atoms with van der Waals surface area (Å²) in [6.45, 7) is 5.04. The molecule has 0 fully saturated rings. The van der Waals surface area contributed by atoms with Crippen molar-refractivity contribution in [3.63, 3.8) is 0 Å². The summed E-state index contributed by atoms with van der Waals surface area (Å²) in [6, 6.07) is 2.19. The van der Waals surface area contributed by atoms with E-state index in [1.807, 2.05) is 0 Å². The number of Topliss-reactive ketones (excluding diaryl/α,β-unsaturated/α-hetero) is 1. The van der Waals surface area contributed by atoms with Crippen molar-refractivity contribution in [2.24, 2.45) is 0 Å². The quantitative estimate of drug-likeness (QED) is 0.581. The Morgan fingerprint density at radius 2 is 2.24 bits per heavy atom. The molecule has 1 rings (SSSR count). The minimum absolute atomic E-state index is 0.113. The molecule has 0 saturated carbocycles. The van der Waals surface area contributed by atoms with Crippen LogP contribution in [0.2, 0.25) is 0 Å². The number of nitrogens with zero attached hydrogens (tertiary/aromatic N) is 1. The Labute approximate surface area is 102 Å². The van der Waals surface area contributed by atoms with Gasteiger partial charge < -0.3 is 10.1 Å². The molecule has 1 N–H and O–H groups in total. The molecule has 94 valence electrons. The number of aromatic nitrogens is 1. The lowest BCUT2D eigenvalue weighted by Gasteiger charge is -2.07. The zero-order valence-electron chi connectivity index (χ0n) is 10.7. The zero-order valence-corrected chi connectivity index (χ0v) is 10.7. The fourth-order valence-corrected chi connectivity index (χ4v) is 1.47. The van der Waals surface area contributed by atoms with Gasteiger partial charge in [0.05, 0.1) is 13.3 Å². The van der Waals surface area contributed by atoms with Gasteiger partial charge in [0.1, 0.15) is 5.75 Å². The number of methoxy groups -OCH3 is 1. The van der Waals surface area contributed by atoms with Crippen LogP contribution in [0.25, 0.3) is 0 Å². The van der Waals surface area contributed by atoms with Crippen LogP contribution in [0.3, 0.4) is 0 Å². The Bertz CT molecular complexity index is 364. The molecule has 4 nitrogen and oxygen atoms in total. The van der Waals surface area contributed by atoms with E-state index in [1.165, 1.54) is 0 Å². The molecule has 0 unspecified atom stereocenters. The average Bonchev–Trinajstić information content (AvgIpc) is 2.34. The molecule has 0 saturated heterocycles. The summed E-state index contributed by atoms with van der Waals surface area (Å²) in [7, 11) is 1.57. The lowest BCUT2D eigenvalue weighted by molar-refractivity contribution is 0.0979. The van der Waals surface area contributed by atoms with Crippen LogP contribution < -0.4 is 10.1 Å². The third-order valence-corrected chi connectivity index (χ3v) is 2.40. The molecule has 1 heterocycles. The van der Waals surface area contributed by atoms with E-state index in [-0.39, 0.29) is 5.78 Å². The van der Waals surface area contributed by atoms with E-state index >= 15 is 0 Å². The molecule has 0 amide bonds. The molecule has 1 aromatic heterocycles. The van der Waals surface area contributed by atoms with Crippen LogP contribution in [-0.4, -0.2) is 30.5 Å². The maximum absolute atomic E-state index is 11.8.